The van der Waals surface area contributed by atoms with Gasteiger partial charge in [-0.3, -0.25) is 0 Å². The SMILES string of the molecule is C/C=C/CCNC(=O)NCC1(OC)CCC1. The van der Waals surface area contributed by atoms with E-state index in [1.807, 2.05) is 19.1 Å². The number of urea groups is 1. The lowest BCUT2D eigenvalue weighted by Crippen LogP contribution is -2.51. The molecule has 0 aromatic carbocycles. The van der Waals surface area contributed by atoms with Crippen LogP contribution in [-0.2, 0) is 4.74 Å². The van der Waals surface area contributed by atoms with Crippen LogP contribution in [0.25, 0.3) is 0 Å². The maximum atomic E-state index is 11.4. The molecule has 0 saturated heterocycles. The van der Waals surface area contributed by atoms with Crippen molar-refractivity contribution < 1.29 is 9.53 Å². The summed E-state index contributed by atoms with van der Waals surface area (Å²) in [6.45, 7) is 3.26. The summed E-state index contributed by atoms with van der Waals surface area (Å²) in [6, 6.07) is -0.104. The highest BCUT2D eigenvalue weighted by Gasteiger charge is 2.37. The van der Waals surface area contributed by atoms with Crippen LogP contribution < -0.4 is 10.6 Å². The van der Waals surface area contributed by atoms with E-state index >= 15 is 0 Å². The molecule has 1 aliphatic carbocycles. The Hall–Kier alpha value is -1.03. The van der Waals surface area contributed by atoms with Gasteiger partial charge in [0.25, 0.3) is 0 Å². The number of ether oxygens (including phenoxy) is 1. The van der Waals surface area contributed by atoms with Crippen molar-refractivity contribution >= 4 is 6.03 Å². The van der Waals surface area contributed by atoms with Gasteiger partial charge in [0.05, 0.1) is 5.60 Å². The van der Waals surface area contributed by atoms with Gasteiger partial charge in [0.15, 0.2) is 0 Å². The van der Waals surface area contributed by atoms with Gasteiger partial charge in [-0.05, 0) is 32.6 Å². The fraction of sp³-hybridized carbons (Fsp3) is 0.750. The highest BCUT2D eigenvalue weighted by atomic mass is 16.5. The van der Waals surface area contributed by atoms with Crippen molar-refractivity contribution in [2.24, 2.45) is 0 Å². The summed E-state index contributed by atoms with van der Waals surface area (Å²) in [6.07, 6.45) is 8.17. The van der Waals surface area contributed by atoms with Crippen LogP contribution in [0.1, 0.15) is 32.6 Å². The van der Waals surface area contributed by atoms with Gasteiger partial charge in [-0.2, -0.15) is 0 Å². The molecule has 4 heteroatoms. The molecule has 2 N–H and O–H groups in total. The molecule has 0 spiro atoms. The molecule has 2 amide bonds. The Balaban J connectivity index is 2.10. The smallest absolute Gasteiger partial charge is 0.314 e. The number of methoxy groups -OCH3 is 1. The molecule has 1 fully saturated rings. The monoisotopic (exact) mass is 226 g/mol. The van der Waals surface area contributed by atoms with Crippen LogP contribution in [-0.4, -0.2) is 31.8 Å². The molecule has 0 aliphatic heterocycles. The van der Waals surface area contributed by atoms with Crippen LogP contribution in [0.4, 0.5) is 4.79 Å². The lowest BCUT2D eigenvalue weighted by Gasteiger charge is -2.40. The van der Waals surface area contributed by atoms with Gasteiger partial charge in [0, 0.05) is 20.2 Å². The van der Waals surface area contributed by atoms with Gasteiger partial charge in [-0.1, -0.05) is 12.2 Å². The lowest BCUT2D eigenvalue weighted by atomic mass is 9.80. The summed E-state index contributed by atoms with van der Waals surface area (Å²) in [5, 5.41) is 5.66. The minimum Gasteiger partial charge on any atom is -0.376 e. The molecule has 4 nitrogen and oxygen atoms in total. The Labute approximate surface area is 97.4 Å². The number of allylic oxidation sites excluding steroid dienone is 1. The van der Waals surface area contributed by atoms with E-state index in [0.29, 0.717) is 13.1 Å². The van der Waals surface area contributed by atoms with E-state index in [-0.39, 0.29) is 11.6 Å². The molecule has 0 aromatic heterocycles. The van der Waals surface area contributed by atoms with E-state index in [1.54, 1.807) is 7.11 Å². The van der Waals surface area contributed by atoms with Crippen LogP contribution in [0.15, 0.2) is 12.2 Å². The maximum absolute atomic E-state index is 11.4. The summed E-state index contributed by atoms with van der Waals surface area (Å²) in [4.78, 5) is 11.4. The van der Waals surface area contributed by atoms with Crippen LogP contribution >= 0.6 is 0 Å². The third-order valence-electron chi connectivity index (χ3n) is 3.10. The molecular formula is C12H22N2O2. The third-order valence-corrected chi connectivity index (χ3v) is 3.10. The Morgan fingerprint density at radius 3 is 2.69 bits per heavy atom. The molecule has 0 heterocycles. The molecule has 1 rings (SSSR count). The van der Waals surface area contributed by atoms with E-state index in [9.17, 15) is 4.79 Å². The number of nitrogens with one attached hydrogen (secondary N) is 2. The normalized spacial score (nSPS) is 18.1. The van der Waals surface area contributed by atoms with Gasteiger partial charge in [0.1, 0.15) is 0 Å². The number of carbonyl (C=O) groups excluding carboxylic acids is 1. The second-order valence-corrected chi connectivity index (χ2v) is 4.21. The predicted octanol–water partition coefficient (Wildman–Crippen LogP) is 1.82. The second-order valence-electron chi connectivity index (χ2n) is 4.21. The van der Waals surface area contributed by atoms with E-state index in [2.05, 4.69) is 10.6 Å². The number of hydrogen-bond donors (Lipinski definition) is 2. The number of hydrogen-bond acceptors (Lipinski definition) is 2. The van der Waals surface area contributed by atoms with Gasteiger partial charge in [-0.15, -0.1) is 0 Å². The molecule has 0 atom stereocenters. The number of rotatable bonds is 6. The number of carbonyl (C=O) groups is 1. The van der Waals surface area contributed by atoms with E-state index in [0.717, 1.165) is 19.3 Å². The predicted molar refractivity (Wildman–Crippen MR) is 64.4 cm³/mol. The molecule has 1 saturated carbocycles. The van der Waals surface area contributed by atoms with Crippen molar-refractivity contribution in [3.63, 3.8) is 0 Å². The zero-order valence-electron chi connectivity index (χ0n) is 10.2. The summed E-state index contributed by atoms with van der Waals surface area (Å²) in [7, 11) is 1.71. The Kier molecular flexibility index (Phi) is 5.32. The van der Waals surface area contributed by atoms with Crippen molar-refractivity contribution in [2.75, 3.05) is 20.2 Å². The highest BCUT2D eigenvalue weighted by molar-refractivity contribution is 5.73. The van der Waals surface area contributed by atoms with Crippen LogP contribution in [0.5, 0.6) is 0 Å². The minimum atomic E-state index is -0.104. The first-order valence-corrected chi connectivity index (χ1v) is 5.90. The van der Waals surface area contributed by atoms with Gasteiger partial charge in [-0.25, -0.2) is 4.79 Å². The Bertz CT molecular complexity index is 242. The molecule has 0 bridgehead atoms. The molecule has 0 unspecified atom stereocenters. The van der Waals surface area contributed by atoms with E-state index < -0.39 is 0 Å². The zero-order valence-corrected chi connectivity index (χ0v) is 10.2. The quantitative estimate of drug-likeness (QED) is 0.536. The molecule has 0 aromatic rings. The third kappa shape index (κ3) is 3.85. The molecule has 92 valence electrons. The maximum Gasteiger partial charge on any atom is 0.314 e. The standard InChI is InChI=1S/C12H22N2O2/c1-3-4-5-9-13-11(15)14-10-12(16-2)7-6-8-12/h3-4H,5-10H2,1-2H3,(H2,13,14,15)/b4-3+. The topological polar surface area (TPSA) is 50.4 Å². The summed E-state index contributed by atoms with van der Waals surface area (Å²) in [5.74, 6) is 0. The van der Waals surface area contributed by atoms with Crippen molar-refractivity contribution in [3.05, 3.63) is 12.2 Å². The minimum absolute atomic E-state index is 0.0966. The van der Waals surface area contributed by atoms with E-state index in [4.69, 9.17) is 4.74 Å². The average Bonchev–Trinajstić information content (AvgIpc) is 2.24. The molecule has 0 radical (unpaired) electrons. The van der Waals surface area contributed by atoms with Crippen LogP contribution in [0.3, 0.4) is 0 Å². The first-order valence-electron chi connectivity index (χ1n) is 5.90. The van der Waals surface area contributed by atoms with Gasteiger partial charge in [0.2, 0.25) is 0 Å². The highest BCUT2D eigenvalue weighted by Crippen LogP contribution is 2.34. The van der Waals surface area contributed by atoms with E-state index in [1.165, 1.54) is 6.42 Å². The fourth-order valence-electron chi connectivity index (χ4n) is 1.76. The summed E-state index contributed by atoms with van der Waals surface area (Å²) >= 11 is 0. The van der Waals surface area contributed by atoms with Gasteiger partial charge < -0.3 is 15.4 Å². The Morgan fingerprint density at radius 2 is 2.19 bits per heavy atom. The second kappa shape index (κ2) is 6.53. The summed E-state index contributed by atoms with van der Waals surface area (Å²) < 4.78 is 5.41. The molecule has 16 heavy (non-hydrogen) atoms. The first kappa shape index (κ1) is 13.0. The first-order chi connectivity index (χ1) is 7.72. The Morgan fingerprint density at radius 1 is 1.44 bits per heavy atom. The summed E-state index contributed by atoms with van der Waals surface area (Å²) in [5.41, 5.74) is -0.0966. The van der Waals surface area contributed by atoms with Crippen molar-refractivity contribution in [1.29, 1.82) is 0 Å². The average molecular weight is 226 g/mol. The molecule has 1 aliphatic rings. The van der Waals surface area contributed by atoms with Crippen LogP contribution in [0.2, 0.25) is 0 Å². The zero-order chi connectivity index (χ0) is 11.9. The lowest BCUT2D eigenvalue weighted by molar-refractivity contribution is -0.0673. The molecular weight excluding hydrogens is 204 g/mol. The van der Waals surface area contributed by atoms with Crippen molar-refractivity contribution in [2.45, 2.75) is 38.2 Å². The van der Waals surface area contributed by atoms with Crippen LogP contribution in [0, 0.1) is 0 Å². The number of amides is 2. The van der Waals surface area contributed by atoms with Crippen molar-refractivity contribution in [3.8, 4) is 0 Å². The van der Waals surface area contributed by atoms with Crippen molar-refractivity contribution in [1.82, 2.24) is 10.6 Å². The largest absolute Gasteiger partial charge is 0.376 e. The van der Waals surface area contributed by atoms with Gasteiger partial charge >= 0.3 is 6.03 Å². The fourth-order valence-corrected chi connectivity index (χ4v) is 1.76.